The number of hydrogen-bond acceptors (Lipinski definition) is 4. The number of aryl methyl sites for hydroxylation is 1. The van der Waals surface area contributed by atoms with Gasteiger partial charge >= 0.3 is 0 Å². The maximum atomic E-state index is 12.2. The van der Waals surface area contributed by atoms with E-state index < -0.39 is 0 Å². The molecule has 0 saturated heterocycles. The minimum absolute atomic E-state index is 0.0415. The number of likely N-dealkylation sites (N-methyl/N-ethyl adjacent to an activating group) is 1. The van der Waals surface area contributed by atoms with Crippen LogP contribution in [0.3, 0.4) is 0 Å². The highest BCUT2D eigenvalue weighted by molar-refractivity contribution is 7.22. The predicted octanol–water partition coefficient (Wildman–Crippen LogP) is 3.68. The second kappa shape index (κ2) is 6.89. The standard InChI is InChI=1S/C18H19N3OS/c1-13-7-6-10-15-17(13)20-18(23-15)19-16(22)12-21(2)11-14-8-4-3-5-9-14/h3-10H,11-12H2,1-2H3,(H,19,20,22). The van der Waals surface area contributed by atoms with E-state index in [1.165, 1.54) is 16.9 Å². The number of nitrogens with one attached hydrogen (secondary N) is 1. The topological polar surface area (TPSA) is 45.2 Å². The molecule has 23 heavy (non-hydrogen) atoms. The summed E-state index contributed by atoms with van der Waals surface area (Å²) in [7, 11) is 1.94. The highest BCUT2D eigenvalue weighted by atomic mass is 32.1. The van der Waals surface area contributed by atoms with E-state index in [1.54, 1.807) is 0 Å². The summed E-state index contributed by atoms with van der Waals surface area (Å²) in [5, 5.41) is 3.56. The number of nitrogens with zero attached hydrogens (tertiary/aromatic N) is 2. The average molecular weight is 325 g/mol. The molecule has 4 nitrogen and oxygen atoms in total. The Morgan fingerprint density at radius 3 is 2.70 bits per heavy atom. The van der Waals surface area contributed by atoms with Gasteiger partial charge in [-0.25, -0.2) is 4.98 Å². The molecule has 1 heterocycles. The summed E-state index contributed by atoms with van der Waals surface area (Å²) in [6.07, 6.45) is 0. The van der Waals surface area contributed by atoms with Gasteiger partial charge in [0, 0.05) is 6.54 Å². The SMILES string of the molecule is Cc1cccc2sc(NC(=O)CN(C)Cc3ccccc3)nc12. The molecule has 3 rings (SSSR count). The number of carbonyl (C=O) groups excluding carboxylic acids is 1. The maximum Gasteiger partial charge on any atom is 0.240 e. The Morgan fingerprint density at radius 1 is 1.17 bits per heavy atom. The largest absolute Gasteiger partial charge is 0.301 e. The summed E-state index contributed by atoms with van der Waals surface area (Å²) >= 11 is 1.51. The van der Waals surface area contributed by atoms with Gasteiger partial charge in [-0.2, -0.15) is 0 Å². The van der Waals surface area contributed by atoms with E-state index in [4.69, 9.17) is 0 Å². The fourth-order valence-corrected chi connectivity index (χ4v) is 3.45. The predicted molar refractivity (Wildman–Crippen MR) is 95.8 cm³/mol. The Labute approximate surface area is 139 Å². The molecule has 0 fully saturated rings. The van der Waals surface area contributed by atoms with Gasteiger partial charge < -0.3 is 5.32 Å². The number of rotatable bonds is 5. The quantitative estimate of drug-likeness (QED) is 0.778. The van der Waals surface area contributed by atoms with Crippen LogP contribution in [0.25, 0.3) is 10.2 Å². The highest BCUT2D eigenvalue weighted by Gasteiger charge is 2.11. The van der Waals surface area contributed by atoms with Crippen LogP contribution in [0, 0.1) is 6.92 Å². The number of hydrogen-bond donors (Lipinski definition) is 1. The minimum atomic E-state index is -0.0415. The molecule has 0 spiro atoms. The van der Waals surface area contributed by atoms with Crippen molar-refractivity contribution in [2.24, 2.45) is 0 Å². The number of amides is 1. The van der Waals surface area contributed by atoms with Crippen LogP contribution in [-0.4, -0.2) is 29.4 Å². The smallest absolute Gasteiger partial charge is 0.240 e. The molecule has 0 radical (unpaired) electrons. The Hall–Kier alpha value is -2.24. The van der Waals surface area contributed by atoms with Crippen LogP contribution in [0.5, 0.6) is 0 Å². The van der Waals surface area contributed by atoms with Crippen LogP contribution in [0.1, 0.15) is 11.1 Å². The van der Waals surface area contributed by atoms with Crippen LogP contribution >= 0.6 is 11.3 Å². The van der Waals surface area contributed by atoms with Crippen molar-refractivity contribution in [3.63, 3.8) is 0 Å². The zero-order chi connectivity index (χ0) is 16.2. The van der Waals surface area contributed by atoms with Crippen molar-refractivity contribution in [1.29, 1.82) is 0 Å². The van der Waals surface area contributed by atoms with Gasteiger partial charge in [0.1, 0.15) is 0 Å². The van der Waals surface area contributed by atoms with Crippen LogP contribution in [0.15, 0.2) is 48.5 Å². The Balaban J connectivity index is 1.61. The van der Waals surface area contributed by atoms with Gasteiger partial charge in [-0.3, -0.25) is 9.69 Å². The molecule has 0 aliphatic heterocycles. The van der Waals surface area contributed by atoms with E-state index in [1.807, 2.05) is 55.3 Å². The Bertz CT molecular complexity index is 814. The molecule has 0 aliphatic rings. The number of thiazole rings is 1. The number of aromatic nitrogens is 1. The molecule has 2 aromatic carbocycles. The third-order valence-corrected chi connectivity index (χ3v) is 4.51. The fraction of sp³-hybridized carbons (Fsp3) is 0.222. The second-order valence-corrected chi connectivity index (χ2v) is 6.68. The van der Waals surface area contributed by atoms with E-state index >= 15 is 0 Å². The van der Waals surface area contributed by atoms with Crippen molar-refractivity contribution in [2.45, 2.75) is 13.5 Å². The monoisotopic (exact) mass is 325 g/mol. The molecular formula is C18H19N3OS. The summed E-state index contributed by atoms with van der Waals surface area (Å²) in [5.41, 5.74) is 3.28. The number of benzene rings is 2. The average Bonchev–Trinajstić information content (AvgIpc) is 2.91. The van der Waals surface area contributed by atoms with Gasteiger partial charge in [0.25, 0.3) is 0 Å². The molecule has 1 N–H and O–H groups in total. The molecule has 3 aromatic rings. The third kappa shape index (κ3) is 3.94. The van der Waals surface area contributed by atoms with Crippen molar-refractivity contribution >= 4 is 32.6 Å². The summed E-state index contributed by atoms with van der Waals surface area (Å²) in [5.74, 6) is -0.0415. The van der Waals surface area contributed by atoms with Crippen LogP contribution in [-0.2, 0) is 11.3 Å². The number of anilines is 1. The Kier molecular flexibility index (Phi) is 4.69. The van der Waals surface area contributed by atoms with Gasteiger partial charge in [-0.05, 0) is 31.2 Å². The Morgan fingerprint density at radius 2 is 1.96 bits per heavy atom. The van der Waals surface area contributed by atoms with Crippen molar-refractivity contribution in [3.05, 3.63) is 59.7 Å². The van der Waals surface area contributed by atoms with Gasteiger partial charge in [0.15, 0.2) is 5.13 Å². The second-order valence-electron chi connectivity index (χ2n) is 5.65. The lowest BCUT2D eigenvalue weighted by molar-refractivity contribution is -0.117. The molecule has 0 bridgehead atoms. The number of fused-ring (bicyclic) bond motifs is 1. The van der Waals surface area contributed by atoms with Gasteiger partial charge in [0.2, 0.25) is 5.91 Å². The normalized spacial score (nSPS) is 11.1. The van der Waals surface area contributed by atoms with E-state index in [0.29, 0.717) is 11.7 Å². The van der Waals surface area contributed by atoms with Crippen molar-refractivity contribution < 1.29 is 4.79 Å². The first-order valence-electron chi connectivity index (χ1n) is 7.50. The van der Waals surface area contributed by atoms with Crippen molar-refractivity contribution in [3.8, 4) is 0 Å². The number of carbonyl (C=O) groups is 1. The molecular weight excluding hydrogens is 306 g/mol. The lowest BCUT2D eigenvalue weighted by atomic mass is 10.2. The third-order valence-electron chi connectivity index (χ3n) is 3.58. The molecule has 0 unspecified atom stereocenters. The van der Waals surface area contributed by atoms with Gasteiger partial charge in [0.05, 0.1) is 16.8 Å². The highest BCUT2D eigenvalue weighted by Crippen LogP contribution is 2.27. The summed E-state index contributed by atoms with van der Waals surface area (Å²) < 4.78 is 1.10. The van der Waals surface area contributed by atoms with Gasteiger partial charge in [-0.15, -0.1) is 0 Å². The molecule has 1 aromatic heterocycles. The lowest BCUT2D eigenvalue weighted by Gasteiger charge is -2.15. The molecule has 1 amide bonds. The fourth-order valence-electron chi connectivity index (χ4n) is 2.49. The first-order valence-corrected chi connectivity index (χ1v) is 8.32. The summed E-state index contributed by atoms with van der Waals surface area (Å²) in [4.78, 5) is 18.7. The molecule has 0 atom stereocenters. The first-order chi connectivity index (χ1) is 11.1. The molecule has 118 valence electrons. The maximum absolute atomic E-state index is 12.2. The molecule has 0 aliphatic carbocycles. The summed E-state index contributed by atoms with van der Waals surface area (Å²) in [6, 6.07) is 16.2. The minimum Gasteiger partial charge on any atom is -0.301 e. The van der Waals surface area contributed by atoms with Crippen LogP contribution < -0.4 is 5.32 Å². The number of para-hydroxylation sites is 1. The van der Waals surface area contributed by atoms with Crippen LogP contribution in [0.4, 0.5) is 5.13 Å². The van der Waals surface area contributed by atoms with E-state index in [2.05, 4.69) is 22.4 Å². The zero-order valence-electron chi connectivity index (χ0n) is 13.2. The van der Waals surface area contributed by atoms with E-state index in [9.17, 15) is 4.79 Å². The molecule has 0 saturated carbocycles. The van der Waals surface area contributed by atoms with E-state index in [-0.39, 0.29) is 5.91 Å². The first kappa shape index (κ1) is 15.6. The zero-order valence-corrected chi connectivity index (χ0v) is 14.1. The van der Waals surface area contributed by atoms with Crippen molar-refractivity contribution in [2.75, 3.05) is 18.9 Å². The summed E-state index contributed by atoms with van der Waals surface area (Å²) in [6.45, 7) is 3.11. The van der Waals surface area contributed by atoms with Gasteiger partial charge in [-0.1, -0.05) is 53.8 Å². The lowest BCUT2D eigenvalue weighted by Crippen LogP contribution is -2.29. The van der Waals surface area contributed by atoms with E-state index in [0.717, 1.165) is 22.3 Å². The molecule has 5 heteroatoms. The van der Waals surface area contributed by atoms with Crippen molar-refractivity contribution in [1.82, 2.24) is 9.88 Å². The van der Waals surface area contributed by atoms with Crippen LogP contribution in [0.2, 0.25) is 0 Å².